The van der Waals surface area contributed by atoms with Crippen LogP contribution in [-0.4, -0.2) is 12.8 Å². The Labute approximate surface area is 50.6 Å². The predicted molar refractivity (Wildman–Crippen MR) is 36.2 cm³/mol. The summed E-state index contributed by atoms with van der Waals surface area (Å²) < 4.78 is 0. The normalized spacial score (nSPS) is 11.4. The molecule has 0 saturated heterocycles. The summed E-state index contributed by atoms with van der Waals surface area (Å²) in [6.45, 7) is 4.68. The average Bonchev–Trinajstić information content (AvgIpc) is 1.67. The Bertz CT molecular complexity index is 76.6. The third-order valence-electron chi connectivity index (χ3n) is 1.18. The van der Waals surface area contributed by atoms with E-state index in [4.69, 9.17) is 11.1 Å². The number of hydrogen-bond acceptors (Lipinski definition) is 2. The van der Waals surface area contributed by atoms with E-state index in [2.05, 4.69) is 0 Å². The number of nitrogens with two attached hydrogens (primary N) is 1. The zero-order valence-electron chi connectivity index (χ0n) is 5.57. The van der Waals surface area contributed by atoms with Crippen LogP contribution in [0.2, 0.25) is 0 Å². The summed E-state index contributed by atoms with van der Waals surface area (Å²) in [5.41, 5.74) is 5.30. The van der Waals surface area contributed by atoms with Crippen molar-refractivity contribution in [2.45, 2.75) is 20.3 Å². The van der Waals surface area contributed by atoms with Crippen LogP contribution in [0.5, 0.6) is 0 Å². The molecule has 0 aliphatic rings. The van der Waals surface area contributed by atoms with Crippen molar-refractivity contribution in [3.8, 4) is 0 Å². The van der Waals surface area contributed by atoms with E-state index in [9.17, 15) is 0 Å². The van der Waals surface area contributed by atoms with Crippen molar-refractivity contribution in [2.24, 2.45) is 11.1 Å². The molecule has 0 unspecified atom stereocenters. The lowest BCUT2D eigenvalue weighted by molar-refractivity contribution is 0.493. The zero-order valence-corrected chi connectivity index (χ0v) is 5.57. The maximum absolute atomic E-state index is 6.93. The Morgan fingerprint density at radius 2 is 2.12 bits per heavy atom. The van der Waals surface area contributed by atoms with Gasteiger partial charge in [-0.3, -0.25) is 0 Å². The van der Waals surface area contributed by atoms with Crippen LogP contribution < -0.4 is 5.73 Å². The summed E-state index contributed by atoms with van der Waals surface area (Å²) in [6, 6.07) is 0. The third-order valence-corrected chi connectivity index (χ3v) is 1.18. The first kappa shape index (κ1) is 7.63. The van der Waals surface area contributed by atoms with Crippen LogP contribution in [0.4, 0.5) is 0 Å². The van der Waals surface area contributed by atoms with E-state index in [0.717, 1.165) is 6.42 Å². The second-order valence-corrected chi connectivity index (χ2v) is 2.67. The Kier molecular flexibility index (Phi) is 2.69. The standard InChI is InChI=1S/C6H14N2/c1-6(2,5-8)3-4-7/h5,8H,3-4,7H2,1-2H3. The molecule has 0 saturated carbocycles. The monoisotopic (exact) mass is 114 g/mol. The molecule has 0 heterocycles. The number of hydrogen-bond donors (Lipinski definition) is 2. The summed E-state index contributed by atoms with van der Waals surface area (Å²) in [5, 5.41) is 6.93. The van der Waals surface area contributed by atoms with Crippen molar-refractivity contribution in [1.29, 1.82) is 5.41 Å². The Balaban J connectivity index is 3.53. The molecule has 0 amide bonds. The fraction of sp³-hybridized carbons (Fsp3) is 0.833. The van der Waals surface area contributed by atoms with Crippen LogP contribution in [0.25, 0.3) is 0 Å². The van der Waals surface area contributed by atoms with Crippen LogP contribution in [-0.2, 0) is 0 Å². The van der Waals surface area contributed by atoms with Crippen LogP contribution in [0.1, 0.15) is 20.3 Å². The molecule has 0 aliphatic heterocycles. The Hall–Kier alpha value is -0.370. The van der Waals surface area contributed by atoms with Gasteiger partial charge in [-0.1, -0.05) is 13.8 Å². The van der Waals surface area contributed by atoms with E-state index in [0.29, 0.717) is 6.54 Å². The summed E-state index contributed by atoms with van der Waals surface area (Å²) in [4.78, 5) is 0. The summed E-state index contributed by atoms with van der Waals surface area (Å²) in [5.74, 6) is 0. The molecule has 2 heteroatoms. The van der Waals surface area contributed by atoms with Crippen molar-refractivity contribution < 1.29 is 0 Å². The second kappa shape index (κ2) is 2.82. The van der Waals surface area contributed by atoms with Gasteiger partial charge in [0.1, 0.15) is 0 Å². The molecular weight excluding hydrogens is 100 g/mol. The molecule has 3 N–H and O–H groups in total. The minimum atomic E-state index is 0.00868. The fourth-order valence-corrected chi connectivity index (χ4v) is 0.444. The Morgan fingerprint density at radius 1 is 1.62 bits per heavy atom. The van der Waals surface area contributed by atoms with Gasteiger partial charge in [-0.15, -0.1) is 0 Å². The SMILES string of the molecule is CC(C)(C=N)CCN. The van der Waals surface area contributed by atoms with E-state index >= 15 is 0 Å². The molecule has 0 aromatic rings. The maximum Gasteiger partial charge on any atom is 0.000916 e. The highest BCUT2D eigenvalue weighted by Gasteiger charge is 2.11. The largest absolute Gasteiger partial charge is 0.330 e. The van der Waals surface area contributed by atoms with Crippen molar-refractivity contribution in [3.05, 3.63) is 0 Å². The van der Waals surface area contributed by atoms with Gasteiger partial charge in [-0.25, -0.2) is 0 Å². The van der Waals surface area contributed by atoms with Gasteiger partial charge in [0, 0.05) is 11.6 Å². The molecule has 0 fully saturated rings. The van der Waals surface area contributed by atoms with Gasteiger partial charge < -0.3 is 11.1 Å². The first-order valence-corrected chi connectivity index (χ1v) is 2.84. The van der Waals surface area contributed by atoms with Crippen molar-refractivity contribution in [3.63, 3.8) is 0 Å². The van der Waals surface area contributed by atoms with Crippen molar-refractivity contribution in [2.75, 3.05) is 6.54 Å². The van der Waals surface area contributed by atoms with E-state index in [1.54, 1.807) is 0 Å². The predicted octanol–water partition coefficient (Wildman–Crippen LogP) is 1.01. The topological polar surface area (TPSA) is 49.9 Å². The van der Waals surface area contributed by atoms with E-state index < -0.39 is 0 Å². The lowest BCUT2D eigenvalue weighted by Crippen LogP contribution is -2.17. The number of nitrogens with one attached hydrogen (secondary N) is 1. The molecular formula is C6H14N2. The van der Waals surface area contributed by atoms with Gasteiger partial charge in [0.25, 0.3) is 0 Å². The van der Waals surface area contributed by atoms with Crippen LogP contribution in [0, 0.1) is 10.8 Å². The average molecular weight is 114 g/mol. The van der Waals surface area contributed by atoms with Crippen LogP contribution in [0.3, 0.4) is 0 Å². The summed E-state index contributed by atoms with van der Waals surface area (Å²) >= 11 is 0. The molecule has 0 bridgehead atoms. The lowest BCUT2D eigenvalue weighted by atomic mass is 9.91. The van der Waals surface area contributed by atoms with Gasteiger partial charge in [-0.2, -0.15) is 0 Å². The minimum Gasteiger partial charge on any atom is -0.330 e. The van der Waals surface area contributed by atoms with Gasteiger partial charge in [-0.05, 0) is 13.0 Å². The van der Waals surface area contributed by atoms with Crippen LogP contribution >= 0.6 is 0 Å². The highest BCUT2D eigenvalue weighted by molar-refractivity contribution is 5.60. The molecule has 0 atom stereocenters. The van der Waals surface area contributed by atoms with Gasteiger partial charge >= 0.3 is 0 Å². The second-order valence-electron chi connectivity index (χ2n) is 2.67. The van der Waals surface area contributed by atoms with Crippen LogP contribution in [0.15, 0.2) is 0 Å². The lowest BCUT2D eigenvalue weighted by Gasteiger charge is -2.15. The molecule has 8 heavy (non-hydrogen) atoms. The summed E-state index contributed by atoms with van der Waals surface area (Å²) in [7, 11) is 0. The molecule has 0 rings (SSSR count). The van der Waals surface area contributed by atoms with E-state index in [1.807, 2.05) is 13.8 Å². The maximum atomic E-state index is 6.93. The van der Waals surface area contributed by atoms with Gasteiger partial charge in [0.2, 0.25) is 0 Å². The van der Waals surface area contributed by atoms with E-state index in [-0.39, 0.29) is 5.41 Å². The van der Waals surface area contributed by atoms with Gasteiger partial charge in [0.15, 0.2) is 0 Å². The highest BCUT2D eigenvalue weighted by atomic mass is 14.5. The first-order valence-electron chi connectivity index (χ1n) is 2.84. The molecule has 0 aliphatic carbocycles. The summed E-state index contributed by atoms with van der Waals surface area (Å²) in [6.07, 6.45) is 2.34. The molecule has 0 aromatic carbocycles. The first-order chi connectivity index (χ1) is 3.62. The smallest absolute Gasteiger partial charge is 0.000916 e. The number of rotatable bonds is 3. The zero-order chi connectivity index (χ0) is 6.62. The quantitative estimate of drug-likeness (QED) is 0.528. The Morgan fingerprint density at radius 3 is 2.25 bits per heavy atom. The molecule has 48 valence electrons. The molecule has 2 nitrogen and oxygen atoms in total. The van der Waals surface area contributed by atoms with Gasteiger partial charge in [0.05, 0.1) is 0 Å². The molecule has 0 spiro atoms. The highest BCUT2D eigenvalue weighted by Crippen LogP contribution is 2.14. The third kappa shape index (κ3) is 2.75. The molecule has 0 radical (unpaired) electrons. The molecule has 0 aromatic heterocycles. The fourth-order valence-electron chi connectivity index (χ4n) is 0.444. The van der Waals surface area contributed by atoms with Crippen molar-refractivity contribution >= 4 is 6.21 Å². The van der Waals surface area contributed by atoms with E-state index in [1.165, 1.54) is 6.21 Å². The van der Waals surface area contributed by atoms with Crippen molar-refractivity contribution in [1.82, 2.24) is 0 Å². The minimum absolute atomic E-state index is 0.00868.